The van der Waals surface area contributed by atoms with E-state index in [4.69, 9.17) is 4.98 Å². The van der Waals surface area contributed by atoms with Gasteiger partial charge < -0.3 is 5.11 Å². The highest BCUT2D eigenvalue weighted by atomic mass is 32.1. The van der Waals surface area contributed by atoms with Crippen molar-refractivity contribution >= 4 is 11.3 Å². The summed E-state index contributed by atoms with van der Waals surface area (Å²) in [4.78, 5) is 5.80. The van der Waals surface area contributed by atoms with Crippen LogP contribution in [0.5, 0.6) is 0 Å². The summed E-state index contributed by atoms with van der Waals surface area (Å²) in [5, 5.41) is 11.4. The van der Waals surface area contributed by atoms with Gasteiger partial charge >= 0.3 is 0 Å². The first-order valence-corrected chi connectivity index (χ1v) is 7.72. The Balaban J connectivity index is 2.65. The molecule has 20 heavy (non-hydrogen) atoms. The predicted molar refractivity (Wildman–Crippen MR) is 86.2 cm³/mol. The molecule has 0 aliphatic carbocycles. The Morgan fingerprint density at radius 1 is 1.05 bits per heavy atom. The van der Waals surface area contributed by atoms with Crippen LogP contribution in [0.15, 0.2) is 24.3 Å². The van der Waals surface area contributed by atoms with Crippen molar-refractivity contribution in [2.75, 3.05) is 0 Å². The second-order valence-electron chi connectivity index (χ2n) is 6.82. The fourth-order valence-electron chi connectivity index (χ4n) is 2.17. The van der Waals surface area contributed by atoms with E-state index in [1.54, 1.807) is 11.3 Å². The van der Waals surface area contributed by atoms with Crippen LogP contribution in [0.25, 0.3) is 10.6 Å². The van der Waals surface area contributed by atoms with Gasteiger partial charge in [-0.2, -0.15) is 0 Å². The summed E-state index contributed by atoms with van der Waals surface area (Å²) in [7, 11) is 0. The Labute approximate surface area is 125 Å². The zero-order valence-corrected chi connectivity index (χ0v) is 13.9. The van der Waals surface area contributed by atoms with Crippen LogP contribution in [0.2, 0.25) is 0 Å². The van der Waals surface area contributed by atoms with E-state index in [1.807, 2.05) is 26.0 Å². The van der Waals surface area contributed by atoms with Crippen LogP contribution in [0, 0.1) is 6.92 Å². The summed E-state index contributed by atoms with van der Waals surface area (Å²) in [6.45, 7) is 12.2. The average Bonchev–Trinajstić information content (AvgIpc) is 2.73. The molecular formula is C17H23NOS. The van der Waals surface area contributed by atoms with Crippen molar-refractivity contribution in [1.82, 2.24) is 4.98 Å². The van der Waals surface area contributed by atoms with Gasteiger partial charge in [-0.1, -0.05) is 45.0 Å². The number of aliphatic hydroxyl groups is 1. The van der Waals surface area contributed by atoms with E-state index in [0.717, 1.165) is 21.1 Å². The van der Waals surface area contributed by atoms with Gasteiger partial charge in [-0.05, 0) is 26.3 Å². The first-order valence-electron chi connectivity index (χ1n) is 6.91. The van der Waals surface area contributed by atoms with Crippen LogP contribution in [-0.2, 0) is 11.0 Å². The fraction of sp³-hybridized carbons (Fsp3) is 0.471. The summed E-state index contributed by atoms with van der Waals surface area (Å²) in [5.41, 5.74) is 2.42. The van der Waals surface area contributed by atoms with Crippen LogP contribution < -0.4 is 0 Å². The van der Waals surface area contributed by atoms with E-state index in [0.29, 0.717) is 0 Å². The summed E-state index contributed by atoms with van der Waals surface area (Å²) in [6, 6.07) is 8.25. The molecule has 0 spiro atoms. The van der Waals surface area contributed by atoms with Crippen molar-refractivity contribution in [3.05, 3.63) is 40.4 Å². The van der Waals surface area contributed by atoms with Gasteiger partial charge in [-0.3, -0.25) is 0 Å². The normalized spacial score (nSPS) is 12.8. The van der Waals surface area contributed by atoms with Gasteiger partial charge in [0.1, 0.15) is 5.01 Å². The Hall–Kier alpha value is -1.19. The molecule has 0 saturated carbocycles. The molecule has 0 atom stereocenters. The molecule has 1 aromatic heterocycles. The van der Waals surface area contributed by atoms with Crippen LogP contribution in [0.1, 0.15) is 50.8 Å². The number of thiazole rings is 1. The van der Waals surface area contributed by atoms with E-state index < -0.39 is 5.60 Å². The van der Waals surface area contributed by atoms with E-state index in [2.05, 4.69) is 39.8 Å². The van der Waals surface area contributed by atoms with Gasteiger partial charge in [-0.25, -0.2) is 4.98 Å². The second-order valence-corrected chi connectivity index (χ2v) is 7.82. The highest BCUT2D eigenvalue weighted by Gasteiger charge is 2.31. The van der Waals surface area contributed by atoms with Crippen molar-refractivity contribution in [3.8, 4) is 10.6 Å². The van der Waals surface area contributed by atoms with E-state index >= 15 is 0 Å². The van der Waals surface area contributed by atoms with Crippen molar-refractivity contribution in [2.45, 2.75) is 52.6 Å². The predicted octanol–water partition coefficient (Wildman–Crippen LogP) is 4.64. The fourth-order valence-corrected chi connectivity index (χ4v) is 3.54. The third kappa shape index (κ3) is 2.94. The van der Waals surface area contributed by atoms with Gasteiger partial charge in [0, 0.05) is 11.0 Å². The third-order valence-corrected chi connectivity index (χ3v) is 4.67. The molecule has 0 amide bonds. The van der Waals surface area contributed by atoms with Gasteiger partial charge in [0.2, 0.25) is 0 Å². The summed E-state index contributed by atoms with van der Waals surface area (Å²) < 4.78 is 0. The van der Waals surface area contributed by atoms with E-state index in [-0.39, 0.29) is 5.41 Å². The lowest BCUT2D eigenvalue weighted by atomic mass is 9.88. The van der Waals surface area contributed by atoms with Crippen molar-refractivity contribution < 1.29 is 5.11 Å². The molecule has 1 N–H and O–H groups in total. The SMILES string of the molecule is Cc1ccccc1-c1nc(C(C)(C)C)c(C(C)(C)O)s1. The number of hydrogen-bond donors (Lipinski definition) is 1. The second kappa shape index (κ2) is 4.97. The van der Waals surface area contributed by atoms with E-state index in [1.165, 1.54) is 5.56 Å². The van der Waals surface area contributed by atoms with Crippen LogP contribution in [0.4, 0.5) is 0 Å². The highest BCUT2D eigenvalue weighted by Crippen LogP contribution is 2.40. The molecule has 2 aromatic rings. The third-order valence-electron chi connectivity index (χ3n) is 3.27. The zero-order chi connectivity index (χ0) is 15.1. The Kier molecular flexibility index (Phi) is 3.78. The van der Waals surface area contributed by atoms with Gasteiger partial charge in [-0.15, -0.1) is 11.3 Å². The first-order chi connectivity index (χ1) is 9.10. The topological polar surface area (TPSA) is 33.1 Å². The molecule has 2 rings (SSSR count). The van der Waals surface area contributed by atoms with Crippen LogP contribution >= 0.6 is 11.3 Å². The molecule has 108 valence electrons. The van der Waals surface area contributed by atoms with Crippen molar-refractivity contribution in [3.63, 3.8) is 0 Å². The summed E-state index contributed by atoms with van der Waals surface area (Å²) in [6.07, 6.45) is 0. The van der Waals surface area contributed by atoms with Crippen LogP contribution in [0.3, 0.4) is 0 Å². The Bertz CT molecular complexity index is 583. The first kappa shape index (κ1) is 15.2. The minimum atomic E-state index is -0.860. The number of hydrogen-bond acceptors (Lipinski definition) is 3. The standard InChI is InChI=1S/C17H23NOS/c1-11-9-7-8-10-12(11)15-18-13(16(2,3)4)14(20-15)17(5,6)19/h7-10,19H,1-6H3. The lowest BCUT2D eigenvalue weighted by molar-refractivity contribution is 0.0803. The Morgan fingerprint density at radius 3 is 2.10 bits per heavy atom. The molecule has 0 bridgehead atoms. The average molecular weight is 289 g/mol. The molecule has 0 radical (unpaired) electrons. The Morgan fingerprint density at radius 2 is 1.65 bits per heavy atom. The number of aryl methyl sites for hydroxylation is 1. The van der Waals surface area contributed by atoms with Gasteiger partial charge in [0.05, 0.1) is 16.2 Å². The molecule has 0 saturated heterocycles. The van der Waals surface area contributed by atoms with E-state index in [9.17, 15) is 5.11 Å². The molecule has 1 aromatic carbocycles. The van der Waals surface area contributed by atoms with Gasteiger partial charge in [0.15, 0.2) is 0 Å². The molecule has 3 heteroatoms. The van der Waals surface area contributed by atoms with Gasteiger partial charge in [0.25, 0.3) is 0 Å². The highest BCUT2D eigenvalue weighted by molar-refractivity contribution is 7.15. The maximum atomic E-state index is 10.4. The molecule has 0 aliphatic heterocycles. The molecular weight excluding hydrogens is 266 g/mol. The summed E-state index contributed by atoms with van der Waals surface area (Å²) in [5.74, 6) is 0. The maximum absolute atomic E-state index is 10.4. The quantitative estimate of drug-likeness (QED) is 0.873. The van der Waals surface area contributed by atoms with Crippen LogP contribution in [-0.4, -0.2) is 10.1 Å². The molecule has 1 heterocycles. The summed E-state index contributed by atoms with van der Waals surface area (Å²) >= 11 is 1.60. The maximum Gasteiger partial charge on any atom is 0.124 e. The smallest absolute Gasteiger partial charge is 0.124 e. The largest absolute Gasteiger partial charge is 0.385 e. The number of aromatic nitrogens is 1. The molecule has 0 fully saturated rings. The monoisotopic (exact) mass is 289 g/mol. The zero-order valence-electron chi connectivity index (χ0n) is 13.1. The number of rotatable bonds is 2. The minimum Gasteiger partial charge on any atom is -0.385 e. The number of nitrogens with zero attached hydrogens (tertiary/aromatic N) is 1. The van der Waals surface area contributed by atoms with Crippen molar-refractivity contribution in [2.24, 2.45) is 0 Å². The molecule has 0 unspecified atom stereocenters. The minimum absolute atomic E-state index is 0.0766. The molecule has 2 nitrogen and oxygen atoms in total. The lowest BCUT2D eigenvalue weighted by Gasteiger charge is -2.23. The lowest BCUT2D eigenvalue weighted by Crippen LogP contribution is -2.22. The molecule has 0 aliphatic rings. The van der Waals surface area contributed by atoms with Crippen molar-refractivity contribution in [1.29, 1.82) is 0 Å². The number of benzene rings is 1.